The molecule has 1 amide bonds. The lowest BCUT2D eigenvalue weighted by molar-refractivity contribution is -0.122. The smallest absolute Gasteiger partial charge is 0.243 e. The zero-order valence-corrected chi connectivity index (χ0v) is 19.7. The van der Waals surface area contributed by atoms with E-state index in [9.17, 15) is 17.6 Å². The Labute approximate surface area is 198 Å². The van der Waals surface area contributed by atoms with E-state index in [2.05, 4.69) is 5.32 Å². The SMILES string of the molecule is COc1ccc([C@H](C)NC(=O)CN(Cc2ccc(F)cc2)S(=O)(=O)c2ccc(Cl)cc2)cc1. The molecule has 3 aromatic rings. The maximum absolute atomic E-state index is 13.3. The Hall–Kier alpha value is -2.94. The van der Waals surface area contributed by atoms with Gasteiger partial charge in [-0.2, -0.15) is 4.31 Å². The predicted octanol–water partition coefficient (Wildman–Crippen LogP) is 4.56. The number of benzene rings is 3. The number of carbonyl (C=O) groups excluding carboxylic acids is 1. The van der Waals surface area contributed by atoms with Crippen LogP contribution in [0.25, 0.3) is 0 Å². The lowest BCUT2D eigenvalue weighted by Gasteiger charge is -2.23. The molecule has 0 bridgehead atoms. The van der Waals surface area contributed by atoms with Crippen molar-refractivity contribution in [2.75, 3.05) is 13.7 Å². The topological polar surface area (TPSA) is 75.7 Å². The van der Waals surface area contributed by atoms with Crippen LogP contribution in [0.3, 0.4) is 0 Å². The highest BCUT2D eigenvalue weighted by Gasteiger charge is 2.27. The van der Waals surface area contributed by atoms with Crippen LogP contribution in [-0.2, 0) is 21.4 Å². The van der Waals surface area contributed by atoms with Crippen LogP contribution in [0.15, 0.2) is 77.7 Å². The normalized spacial score (nSPS) is 12.4. The minimum absolute atomic E-state index is 0.00464. The first-order valence-electron chi connectivity index (χ1n) is 10.1. The Morgan fingerprint density at radius 2 is 1.64 bits per heavy atom. The highest BCUT2D eigenvalue weighted by Crippen LogP contribution is 2.21. The van der Waals surface area contributed by atoms with Crippen molar-refractivity contribution >= 4 is 27.5 Å². The first-order valence-corrected chi connectivity index (χ1v) is 11.9. The zero-order valence-electron chi connectivity index (χ0n) is 18.2. The molecule has 6 nitrogen and oxygen atoms in total. The highest BCUT2D eigenvalue weighted by molar-refractivity contribution is 7.89. The van der Waals surface area contributed by atoms with Gasteiger partial charge in [0.2, 0.25) is 15.9 Å². The van der Waals surface area contributed by atoms with Gasteiger partial charge < -0.3 is 10.1 Å². The summed E-state index contributed by atoms with van der Waals surface area (Å²) in [4.78, 5) is 12.8. The van der Waals surface area contributed by atoms with Gasteiger partial charge in [0.15, 0.2) is 0 Å². The number of amides is 1. The van der Waals surface area contributed by atoms with Gasteiger partial charge in [-0.05, 0) is 66.6 Å². The van der Waals surface area contributed by atoms with E-state index < -0.39 is 28.3 Å². The van der Waals surface area contributed by atoms with Crippen LogP contribution in [0.4, 0.5) is 4.39 Å². The Morgan fingerprint density at radius 3 is 2.21 bits per heavy atom. The Bertz CT molecular complexity index is 1180. The molecule has 0 saturated carbocycles. The van der Waals surface area contributed by atoms with Gasteiger partial charge >= 0.3 is 0 Å². The van der Waals surface area contributed by atoms with Crippen LogP contribution in [-0.4, -0.2) is 32.3 Å². The molecule has 0 heterocycles. The van der Waals surface area contributed by atoms with Crippen LogP contribution in [0.5, 0.6) is 5.75 Å². The summed E-state index contributed by atoms with van der Waals surface area (Å²) in [5.41, 5.74) is 1.39. The summed E-state index contributed by atoms with van der Waals surface area (Å²) in [6.45, 7) is 1.29. The number of hydrogen-bond donors (Lipinski definition) is 1. The number of hydrogen-bond acceptors (Lipinski definition) is 4. The summed E-state index contributed by atoms with van der Waals surface area (Å²) in [5.74, 6) is -0.216. The third-order valence-electron chi connectivity index (χ3n) is 5.04. The number of nitrogens with zero attached hydrogens (tertiary/aromatic N) is 1. The molecule has 0 unspecified atom stereocenters. The standard InChI is InChI=1S/C24H24ClFN2O4S/c1-17(19-5-11-22(32-2)12-6-19)27-24(29)16-28(15-18-3-9-21(26)10-4-18)33(30,31)23-13-7-20(25)8-14-23/h3-14,17H,15-16H2,1-2H3,(H,27,29)/t17-/m0/s1. The highest BCUT2D eigenvalue weighted by atomic mass is 35.5. The van der Waals surface area contributed by atoms with Gasteiger partial charge in [0.05, 0.1) is 24.6 Å². The summed E-state index contributed by atoms with van der Waals surface area (Å²) in [7, 11) is -2.46. The van der Waals surface area contributed by atoms with E-state index >= 15 is 0 Å². The molecule has 0 aliphatic rings. The number of methoxy groups -OCH3 is 1. The van der Waals surface area contributed by atoms with Crippen LogP contribution in [0, 0.1) is 5.82 Å². The van der Waals surface area contributed by atoms with Crippen molar-refractivity contribution in [1.29, 1.82) is 0 Å². The van der Waals surface area contributed by atoms with E-state index in [4.69, 9.17) is 16.3 Å². The van der Waals surface area contributed by atoms with Crippen molar-refractivity contribution in [2.45, 2.75) is 24.4 Å². The summed E-state index contributed by atoms with van der Waals surface area (Å²) in [6.07, 6.45) is 0. The number of nitrogens with one attached hydrogen (secondary N) is 1. The first kappa shape index (κ1) is 24.7. The van der Waals surface area contributed by atoms with Gasteiger partial charge in [-0.3, -0.25) is 4.79 Å². The largest absolute Gasteiger partial charge is 0.497 e. The molecule has 0 radical (unpaired) electrons. The molecule has 174 valence electrons. The second kappa shape index (κ2) is 10.8. The fourth-order valence-corrected chi connectivity index (χ4v) is 4.71. The predicted molar refractivity (Wildman–Crippen MR) is 125 cm³/mol. The molecule has 33 heavy (non-hydrogen) atoms. The van der Waals surface area contributed by atoms with Crippen LogP contribution >= 0.6 is 11.6 Å². The maximum atomic E-state index is 13.3. The summed E-state index contributed by atoms with van der Waals surface area (Å²) >= 11 is 5.89. The monoisotopic (exact) mass is 490 g/mol. The van der Waals surface area contributed by atoms with Crippen LogP contribution < -0.4 is 10.1 Å². The average molecular weight is 491 g/mol. The molecule has 0 aromatic heterocycles. The van der Waals surface area contributed by atoms with E-state index in [-0.39, 0.29) is 17.5 Å². The molecule has 0 aliphatic carbocycles. The number of ether oxygens (including phenoxy) is 1. The van der Waals surface area contributed by atoms with Crippen molar-refractivity contribution in [2.24, 2.45) is 0 Å². The van der Waals surface area contributed by atoms with Crippen LogP contribution in [0.1, 0.15) is 24.1 Å². The molecule has 0 spiro atoms. The Morgan fingerprint density at radius 1 is 1.03 bits per heavy atom. The molecule has 3 aromatic carbocycles. The zero-order chi connectivity index (χ0) is 24.0. The molecule has 9 heteroatoms. The van der Waals surface area contributed by atoms with Gasteiger partial charge in [-0.1, -0.05) is 35.9 Å². The average Bonchev–Trinajstić information content (AvgIpc) is 2.80. The third-order valence-corrected chi connectivity index (χ3v) is 7.09. The van der Waals surface area contributed by atoms with Crippen molar-refractivity contribution in [3.8, 4) is 5.75 Å². The lowest BCUT2D eigenvalue weighted by atomic mass is 10.1. The molecule has 0 saturated heterocycles. The number of sulfonamides is 1. The van der Waals surface area contributed by atoms with Gasteiger partial charge in [0, 0.05) is 11.6 Å². The number of halogens is 2. The molecule has 3 rings (SSSR count). The molecular weight excluding hydrogens is 467 g/mol. The molecule has 0 aliphatic heterocycles. The summed E-state index contributed by atoms with van der Waals surface area (Å²) in [5, 5.41) is 3.22. The second-order valence-electron chi connectivity index (χ2n) is 7.42. The number of rotatable bonds is 9. The third kappa shape index (κ3) is 6.54. The molecular formula is C24H24ClFN2O4S. The molecule has 1 N–H and O–H groups in total. The Kier molecular flexibility index (Phi) is 8.07. The van der Waals surface area contributed by atoms with Crippen molar-refractivity contribution < 1.29 is 22.3 Å². The second-order valence-corrected chi connectivity index (χ2v) is 9.79. The van der Waals surface area contributed by atoms with Crippen molar-refractivity contribution in [1.82, 2.24) is 9.62 Å². The van der Waals surface area contributed by atoms with Crippen molar-refractivity contribution in [3.63, 3.8) is 0 Å². The van der Waals surface area contributed by atoms with Crippen LogP contribution in [0.2, 0.25) is 5.02 Å². The minimum Gasteiger partial charge on any atom is -0.497 e. The summed E-state index contributed by atoms with van der Waals surface area (Å²) in [6, 6.07) is 18.0. The molecule has 0 fully saturated rings. The van der Waals surface area contributed by atoms with E-state index in [1.54, 1.807) is 26.2 Å². The van der Waals surface area contributed by atoms with Crippen molar-refractivity contribution in [3.05, 3.63) is 94.8 Å². The van der Waals surface area contributed by atoms with Gasteiger partial charge in [-0.15, -0.1) is 0 Å². The fourth-order valence-electron chi connectivity index (χ4n) is 3.20. The fraction of sp³-hybridized carbons (Fsp3) is 0.208. The van der Waals surface area contributed by atoms with E-state index in [1.807, 2.05) is 12.1 Å². The number of carbonyl (C=O) groups is 1. The van der Waals surface area contributed by atoms with E-state index in [0.29, 0.717) is 16.3 Å². The summed E-state index contributed by atoms with van der Waals surface area (Å²) < 4.78 is 46.1. The van der Waals surface area contributed by atoms with Gasteiger partial charge in [-0.25, -0.2) is 12.8 Å². The lowest BCUT2D eigenvalue weighted by Crippen LogP contribution is -2.41. The first-order chi connectivity index (χ1) is 15.7. The minimum atomic E-state index is -4.03. The quantitative estimate of drug-likeness (QED) is 0.477. The van der Waals surface area contributed by atoms with E-state index in [0.717, 1.165) is 9.87 Å². The molecule has 1 atom stereocenters. The Balaban J connectivity index is 1.81. The van der Waals surface area contributed by atoms with Gasteiger partial charge in [0.1, 0.15) is 11.6 Å². The van der Waals surface area contributed by atoms with E-state index in [1.165, 1.54) is 48.5 Å². The van der Waals surface area contributed by atoms with Gasteiger partial charge in [0.25, 0.3) is 0 Å². The maximum Gasteiger partial charge on any atom is 0.243 e.